The van der Waals surface area contributed by atoms with Crippen LogP contribution in [0.5, 0.6) is 0 Å². The van der Waals surface area contributed by atoms with E-state index in [0.29, 0.717) is 0 Å². The molecule has 1 aromatic carbocycles. The van der Waals surface area contributed by atoms with Gasteiger partial charge in [0.05, 0.1) is 11.6 Å². The van der Waals surface area contributed by atoms with Crippen molar-refractivity contribution in [2.45, 2.75) is 38.1 Å². The van der Waals surface area contributed by atoms with Gasteiger partial charge >= 0.3 is 0 Å². The van der Waals surface area contributed by atoms with Gasteiger partial charge in [-0.25, -0.2) is 0 Å². The van der Waals surface area contributed by atoms with Gasteiger partial charge < -0.3 is 10.2 Å². The Morgan fingerprint density at radius 2 is 1.69 bits per heavy atom. The Morgan fingerprint density at radius 1 is 0.931 bits per heavy atom. The fraction of sp³-hybridized carbons (Fsp3) is 0.500. The number of aryl methyl sites for hydroxylation is 1. The summed E-state index contributed by atoms with van der Waals surface area (Å²) >= 11 is 0. The van der Waals surface area contributed by atoms with E-state index in [4.69, 9.17) is 9.97 Å². The predicted molar refractivity (Wildman–Crippen MR) is 117 cm³/mol. The van der Waals surface area contributed by atoms with E-state index in [0.717, 1.165) is 60.7 Å². The summed E-state index contributed by atoms with van der Waals surface area (Å²) in [6.45, 7) is 4.15. The molecule has 0 unspecified atom stereocenters. The van der Waals surface area contributed by atoms with Crippen LogP contribution in [0.15, 0.2) is 36.5 Å². The normalized spacial score (nSPS) is 19.0. The van der Waals surface area contributed by atoms with Gasteiger partial charge in [0.1, 0.15) is 5.82 Å². The molecule has 2 aliphatic rings. The first-order chi connectivity index (χ1) is 14.3. The highest BCUT2D eigenvalue weighted by Gasteiger charge is 2.26. The zero-order chi connectivity index (χ0) is 19.6. The SMILES string of the molecule is Cn1ncc2c(Nc3ccccc3)nc(N3CCN(C4CCCCC4)CC3)nc21. The predicted octanol–water partition coefficient (Wildman–Crippen LogP) is 3.56. The third-order valence-electron chi connectivity index (χ3n) is 6.31. The first-order valence-corrected chi connectivity index (χ1v) is 10.8. The number of anilines is 3. The zero-order valence-corrected chi connectivity index (χ0v) is 17.1. The number of aromatic nitrogens is 4. The second-order valence-electron chi connectivity index (χ2n) is 8.18. The lowest BCUT2D eigenvalue weighted by Crippen LogP contribution is -2.51. The number of nitrogens with zero attached hydrogens (tertiary/aromatic N) is 6. The van der Waals surface area contributed by atoms with E-state index < -0.39 is 0 Å². The maximum atomic E-state index is 4.90. The number of fused-ring (bicyclic) bond motifs is 1. The van der Waals surface area contributed by atoms with Crippen LogP contribution in [-0.4, -0.2) is 56.9 Å². The average molecular weight is 392 g/mol. The molecule has 1 saturated heterocycles. The standard InChI is InChI=1S/C22H29N7/c1-27-21-19(16-23-27)20(24-17-8-4-2-5-9-17)25-22(26-21)29-14-12-28(13-15-29)18-10-6-3-7-11-18/h2,4-5,8-9,16,18H,3,6-7,10-15H2,1H3,(H,24,25,26). The van der Waals surface area contributed by atoms with Crippen LogP contribution in [0.25, 0.3) is 11.0 Å². The second-order valence-corrected chi connectivity index (χ2v) is 8.18. The molecule has 1 N–H and O–H groups in total. The summed E-state index contributed by atoms with van der Waals surface area (Å²) in [5, 5.41) is 8.81. The summed E-state index contributed by atoms with van der Waals surface area (Å²) in [7, 11) is 1.94. The van der Waals surface area contributed by atoms with E-state index in [9.17, 15) is 0 Å². The highest BCUT2D eigenvalue weighted by molar-refractivity contribution is 5.89. The molecule has 29 heavy (non-hydrogen) atoms. The van der Waals surface area contributed by atoms with Gasteiger partial charge in [-0.05, 0) is 25.0 Å². The minimum atomic E-state index is 0.779. The summed E-state index contributed by atoms with van der Waals surface area (Å²) in [5.74, 6) is 1.61. The molecule has 2 aromatic heterocycles. The Hall–Kier alpha value is -2.67. The minimum Gasteiger partial charge on any atom is -0.339 e. The summed E-state index contributed by atoms with van der Waals surface area (Å²) in [6.07, 6.45) is 8.75. The molecule has 0 spiro atoms. The molecule has 0 atom stereocenters. The van der Waals surface area contributed by atoms with E-state index >= 15 is 0 Å². The third kappa shape index (κ3) is 3.79. The summed E-state index contributed by atoms with van der Waals surface area (Å²) in [4.78, 5) is 14.8. The van der Waals surface area contributed by atoms with Crippen LogP contribution >= 0.6 is 0 Å². The fourth-order valence-electron chi connectivity index (χ4n) is 4.64. The van der Waals surface area contributed by atoms with Gasteiger partial charge in [-0.1, -0.05) is 37.5 Å². The molecular formula is C22H29N7. The van der Waals surface area contributed by atoms with Crippen LogP contribution in [0.1, 0.15) is 32.1 Å². The van der Waals surface area contributed by atoms with Gasteiger partial charge in [-0.3, -0.25) is 9.58 Å². The molecule has 1 saturated carbocycles. The number of hydrogen-bond acceptors (Lipinski definition) is 6. The molecule has 7 nitrogen and oxygen atoms in total. The second kappa shape index (κ2) is 7.99. The first-order valence-electron chi connectivity index (χ1n) is 10.8. The lowest BCUT2D eigenvalue weighted by atomic mass is 9.94. The number of benzene rings is 1. The molecule has 152 valence electrons. The maximum absolute atomic E-state index is 4.90. The van der Waals surface area contributed by atoms with Crippen molar-refractivity contribution in [1.82, 2.24) is 24.6 Å². The third-order valence-corrected chi connectivity index (χ3v) is 6.31. The topological polar surface area (TPSA) is 62.1 Å². The quantitative estimate of drug-likeness (QED) is 0.734. The highest BCUT2D eigenvalue weighted by Crippen LogP contribution is 2.28. The van der Waals surface area contributed by atoms with Crippen molar-refractivity contribution in [1.29, 1.82) is 0 Å². The number of para-hydroxylation sites is 1. The van der Waals surface area contributed by atoms with Crippen molar-refractivity contribution in [3.63, 3.8) is 0 Å². The van der Waals surface area contributed by atoms with Crippen LogP contribution in [0.2, 0.25) is 0 Å². The molecule has 7 heteroatoms. The number of hydrogen-bond donors (Lipinski definition) is 1. The molecule has 2 fully saturated rings. The monoisotopic (exact) mass is 391 g/mol. The van der Waals surface area contributed by atoms with E-state index in [1.165, 1.54) is 32.1 Å². The van der Waals surface area contributed by atoms with E-state index in [1.807, 2.05) is 48.3 Å². The van der Waals surface area contributed by atoms with Crippen molar-refractivity contribution < 1.29 is 0 Å². The highest BCUT2D eigenvalue weighted by atomic mass is 15.4. The van der Waals surface area contributed by atoms with E-state index in [-0.39, 0.29) is 0 Å². The van der Waals surface area contributed by atoms with Crippen molar-refractivity contribution in [2.24, 2.45) is 7.05 Å². The van der Waals surface area contributed by atoms with Crippen molar-refractivity contribution in [2.75, 3.05) is 36.4 Å². The Kier molecular flexibility index (Phi) is 5.06. The van der Waals surface area contributed by atoms with Crippen LogP contribution < -0.4 is 10.2 Å². The maximum Gasteiger partial charge on any atom is 0.229 e. The van der Waals surface area contributed by atoms with Crippen molar-refractivity contribution in [3.05, 3.63) is 36.5 Å². The summed E-state index contributed by atoms with van der Waals surface area (Å²) in [6, 6.07) is 10.9. The summed E-state index contributed by atoms with van der Waals surface area (Å²) in [5.41, 5.74) is 1.88. The van der Waals surface area contributed by atoms with Crippen LogP contribution in [0, 0.1) is 0 Å². The number of piperazine rings is 1. The minimum absolute atomic E-state index is 0.779. The Morgan fingerprint density at radius 3 is 2.45 bits per heavy atom. The largest absolute Gasteiger partial charge is 0.339 e. The molecule has 1 aliphatic heterocycles. The molecule has 3 aromatic rings. The Bertz CT molecular complexity index is 954. The molecular weight excluding hydrogens is 362 g/mol. The van der Waals surface area contributed by atoms with Gasteiger partial charge in [0, 0.05) is 45.0 Å². The molecule has 5 rings (SSSR count). The molecule has 0 bridgehead atoms. The fourth-order valence-corrected chi connectivity index (χ4v) is 4.64. The molecule has 1 aliphatic carbocycles. The first kappa shape index (κ1) is 18.4. The van der Waals surface area contributed by atoms with E-state index in [2.05, 4.69) is 20.2 Å². The smallest absolute Gasteiger partial charge is 0.229 e. The molecule has 0 amide bonds. The van der Waals surface area contributed by atoms with Crippen molar-refractivity contribution in [3.8, 4) is 0 Å². The molecule has 0 radical (unpaired) electrons. The van der Waals surface area contributed by atoms with Gasteiger partial charge in [-0.2, -0.15) is 15.1 Å². The zero-order valence-electron chi connectivity index (χ0n) is 17.1. The number of rotatable bonds is 4. The summed E-state index contributed by atoms with van der Waals surface area (Å²) < 4.78 is 1.83. The average Bonchev–Trinajstić information content (AvgIpc) is 3.16. The Labute approximate surface area is 171 Å². The van der Waals surface area contributed by atoms with Crippen LogP contribution in [0.4, 0.5) is 17.5 Å². The van der Waals surface area contributed by atoms with Gasteiger partial charge in [-0.15, -0.1) is 0 Å². The van der Waals surface area contributed by atoms with E-state index in [1.54, 1.807) is 0 Å². The molecule has 3 heterocycles. The van der Waals surface area contributed by atoms with Gasteiger partial charge in [0.25, 0.3) is 0 Å². The van der Waals surface area contributed by atoms with Gasteiger partial charge in [0.15, 0.2) is 5.65 Å². The lowest BCUT2D eigenvalue weighted by molar-refractivity contribution is 0.147. The van der Waals surface area contributed by atoms with Crippen LogP contribution in [-0.2, 0) is 7.05 Å². The lowest BCUT2D eigenvalue weighted by Gasteiger charge is -2.40. The van der Waals surface area contributed by atoms with Crippen LogP contribution in [0.3, 0.4) is 0 Å². The Balaban J connectivity index is 1.38. The number of nitrogens with one attached hydrogen (secondary N) is 1. The van der Waals surface area contributed by atoms with Crippen molar-refractivity contribution >= 4 is 28.5 Å². The van der Waals surface area contributed by atoms with Gasteiger partial charge in [0.2, 0.25) is 5.95 Å².